The summed E-state index contributed by atoms with van der Waals surface area (Å²) < 4.78 is 1.67. The molecule has 2 rings (SSSR count). The Bertz CT molecular complexity index is 624. The Balaban J connectivity index is 2.47. The van der Waals surface area contributed by atoms with E-state index in [-0.39, 0.29) is 6.04 Å². The number of nitrogens with zero attached hydrogens (tertiary/aromatic N) is 3. The molecule has 1 aromatic heterocycles. The van der Waals surface area contributed by atoms with Crippen LogP contribution in [0.25, 0.3) is 5.69 Å². The molecule has 0 spiro atoms. The van der Waals surface area contributed by atoms with Crippen molar-refractivity contribution >= 4 is 34.8 Å². The Morgan fingerprint density at radius 3 is 2.50 bits per heavy atom. The molecule has 0 saturated heterocycles. The van der Waals surface area contributed by atoms with E-state index in [9.17, 15) is 0 Å². The van der Waals surface area contributed by atoms with Gasteiger partial charge in [-0.1, -0.05) is 46.9 Å². The van der Waals surface area contributed by atoms with E-state index in [0.717, 1.165) is 17.9 Å². The lowest BCUT2D eigenvalue weighted by atomic mass is 10.2. The zero-order valence-corrected chi connectivity index (χ0v) is 13.7. The monoisotopic (exact) mass is 332 g/mol. The molecule has 1 atom stereocenters. The molecule has 0 aliphatic rings. The lowest BCUT2D eigenvalue weighted by molar-refractivity contribution is 0.579. The van der Waals surface area contributed by atoms with Gasteiger partial charge in [-0.25, -0.2) is 4.68 Å². The second kappa shape index (κ2) is 6.31. The average Bonchev–Trinajstić information content (AvgIpc) is 2.76. The number of benzene rings is 1. The quantitative estimate of drug-likeness (QED) is 0.852. The molecule has 0 amide bonds. The zero-order valence-electron chi connectivity index (χ0n) is 11.4. The largest absolute Gasteiger partial charge is 0.309 e. The van der Waals surface area contributed by atoms with Gasteiger partial charge in [-0.2, -0.15) is 0 Å². The zero-order chi connectivity index (χ0) is 14.9. The summed E-state index contributed by atoms with van der Waals surface area (Å²) in [5, 5.41) is 13.0. The minimum absolute atomic E-state index is 0.121. The number of nitrogens with one attached hydrogen (secondary N) is 1. The van der Waals surface area contributed by atoms with Crippen LogP contribution in [0, 0.1) is 6.92 Å². The SMILES string of the molecule is CCNC(C)c1nnn(-c2cc(Cl)c(Cl)cc2Cl)c1C. The number of aromatic nitrogens is 3. The van der Waals surface area contributed by atoms with Crippen molar-refractivity contribution in [3.8, 4) is 5.69 Å². The van der Waals surface area contributed by atoms with Crippen LogP contribution in [-0.2, 0) is 0 Å². The fraction of sp³-hybridized carbons (Fsp3) is 0.385. The van der Waals surface area contributed by atoms with Crippen LogP contribution in [0.1, 0.15) is 31.3 Å². The van der Waals surface area contributed by atoms with Crippen molar-refractivity contribution < 1.29 is 0 Å². The Morgan fingerprint density at radius 2 is 1.85 bits per heavy atom. The first-order valence-corrected chi connectivity index (χ1v) is 7.39. The van der Waals surface area contributed by atoms with Gasteiger partial charge in [-0.15, -0.1) is 5.10 Å². The summed E-state index contributed by atoms with van der Waals surface area (Å²) in [6.45, 7) is 6.90. The molecule has 1 N–H and O–H groups in total. The Morgan fingerprint density at radius 1 is 1.20 bits per heavy atom. The smallest absolute Gasteiger partial charge is 0.103 e. The summed E-state index contributed by atoms with van der Waals surface area (Å²) in [5.41, 5.74) is 2.47. The molecule has 1 unspecified atom stereocenters. The molecule has 0 fully saturated rings. The van der Waals surface area contributed by atoms with E-state index < -0.39 is 0 Å². The fourth-order valence-electron chi connectivity index (χ4n) is 2.05. The van der Waals surface area contributed by atoms with Crippen LogP contribution in [0.4, 0.5) is 0 Å². The highest BCUT2D eigenvalue weighted by Gasteiger charge is 2.17. The number of halogens is 3. The molecule has 108 valence electrons. The minimum Gasteiger partial charge on any atom is -0.309 e. The van der Waals surface area contributed by atoms with Gasteiger partial charge in [0.15, 0.2) is 0 Å². The van der Waals surface area contributed by atoms with Crippen LogP contribution in [0.5, 0.6) is 0 Å². The van der Waals surface area contributed by atoms with Crippen LogP contribution < -0.4 is 5.32 Å². The lowest BCUT2D eigenvalue weighted by Gasteiger charge is -2.11. The first kappa shape index (κ1) is 15.6. The third-order valence-corrected chi connectivity index (χ3v) is 4.09. The third-order valence-electron chi connectivity index (χ3n) is 3.07. The standard InChI is InChI=1S/C13H15Cl3N4/c1-4-17-7(2)13-8(3)20(19-18-13)12-6-10(15)9(14)5-11(12)16/h5-7,17H,4H2,1-3H3. The highest BCUT2D eigenvalue weighted by molar-refractivity contribution is 6.43. The molecule has 0 bridgehead atoms. The van der Waals surface area contributed by atoms with Crippen molar-refractivity contribution in [2.45, 2.75) is 26.8 Å². The Labute approximate surface area is 133 Å². The molecule has 1 heterocycles. The van der Waals surface area contributed by atoms with Gasteiger partial charge >= 0.3 is 0 Å². The van der Waals surface area contributed by atoms with Gasteiger partial charge in [-0.3, -0.25) is 0 Å². The molecule has 0 aliphatic heterocycles. The molecule has 0 saturated carbocycles. The van der Waals surface area contributed by atoms with Crippen molar-refractivity contribution in [3.05, 3.63) is 38.6 Å². The van der Waals surface area contributed by atoms with Gasteiger partial charge in [0.25, 0.3) is 0 Å². The van der Waals surface area contributed by atoms with Crippen molar-refractivity contribution in [3.63, 3.8) is 0 Å². The minimum atomic E-state index is 0.121. The van der Waals surface area contributed by atoms with Crippen molar-refractivity contribution in [1.29, 1.82) is 0 Å². The maximum Gasteiger partial charge on any atom is 0.103 e. The van der Waals surface area contributed by atoms with E-state index in [1.165, 1.54) is 0 Å². The van der Waals surface area contributed by atoms with Gasteiger partial charge in [0.2, 0.25) is 0 Å². The van der Waals surface area contributed by atoms with Gasteiger partial charge in [0, 0.05) is 0 Å². The number of rotatable bonds is 4. The molecular formula is C13H15Cl3N4. The average molecular weight is 334 g/mol. The van der Waals surface area contributed by atoms with Gasteiger partial charge in [-0.05, 0) is 32.5 Å². The second-order valence-corrected chi connectivity index (χ2v) is 5.69. The Kier molecular flexibility index (Phi) is 4.91. The maximum atomic E-state index is 6.21. The van der Waals surface area contributed by atoms with E-state index in [2.05, 4.69) is 15.6 Å². The van der Waals surface area contributed by atoms with Crippen LogP contribution in [0.2, 0.25) is 15.1 Å². The highest BCUT2D eigenvalue weighted by Crippen LogP contribution is 2.32. The lowest BCUT2D eigenvalue weighted by Crippen LogP contribution is -2.19. The summed E-state index contributed by atoms with van der Waals surface area (Å²) in [4.78, 5) is 0. The second-order valence-electron chi connectivity index (χ2n) is 4.47. The fourth-order valence-corrected chi connectivity index (χ4v) is 2.67. The first-order valence-electron chi connectivity index (χ1n) is 6.26. The molecule has 0 aliphatic carbocycles. The van der Waals surface area contributed by atoms with E-state index in [1.54, 1.807) is 16.8 Å². The van der Waals surface area contributed by atoms with Crippen LogP contribution in [-0.4, -0.2) is 21.5 Å². The maximum absolute atomic E-state index is 6.21. The van der Waals surface area contributed by atoms with Crippen molar-refractivity contribution in [1.82, 2.24) is 20.3 Å². The topological polar surface area (TPSA) is 42.7 Å². The molecule has 7 heteroatoms. The summed E-state index contributed by atoms with van der Waals surface area (Å²) in [6.07, 6.45) is 0. The van der Waals surface area contributed by atoms with Gasteiger partial charge < -0.3 is 5.32 Å². The summed E-state index contributed by atoms with van der Waals surface area (Å²) in [5.74, 6) is 0. The van der Waals surface area contributed by atoms with Crippen LogP contribution in [0.15, 0.2) is 12.1 Å². The van der Waals surface area contributed by atoms with Crippen molar-refractivity contribution in [2.24, 2.45) is 0 Å². The number of hydrogen-bond donors (Lipinski definition) is 1. The van der Waals surface area contributed by atoms with Crippen molar-refractivity contribution in [2.75, 3.05) is 6.54 Å². The summed E-state index contributed by atoms with van der Waals surface area (Å²) >= 11 is 18.2. The Hall–Kier alpha value is -0.810. The van der Waals surface area contributed by atoms with Gasteiger partial charge in [0.1, 0.15) is 5.69 Å². The van der Waals surface area contributed by atoms with E-state index >= 15 is 0 Å². The molecule has 1 aromatic carbocycles. The van der Waals surface area contributed by atoms with Crippen LogP contribution in [0.3, 0.4) is 0 Å². The molecule has 0 radical (unpaired) electrons. The summed E-state index contributed by atoms with van der Waals surface area (Å²) in [6, 6.07) is 3.42. The van der Waals surface area contributed by atoms with E-state index in [0.29, 0.717) is 20.8 Å². The molecular weight excluding hydrogens is 319 g/mol. The van der Waals surface area contributed by atoms with E-state index in [4.69, 9.17) is 34.8 Å². The predicted molar refractivity (Wildman–Crippen MR) is 83.2 cm³/mol. The molecule has 2 aromatic rings. The predicted octanol–water partition coefficient (Wildman–Crippen LogP) is 4.21. The third kappa shape index (κ3) is 2.93. The molecule has 20 heavy (non-hydrogen) atoms. The van der Waals surface area contributed by atoms with Gasteiger partial charge in [0.05, 0.1) is 32.5 Å². The van der Waals surface area contributed by atoms with E-state index in [1.807, 2.05) is 20.8 Å². The summed E-state index contributed by atoms with van der Waals surface area (Å²) in [7, 11) is 0. The normalized spacial score (nSPS) is 12.7. The molecule has 4 nitrogen and oxygen atoms in total. The number of hydrogen-bond acceptors (Lipinski definition) is 3. The first-order chi connectivity index (χ1) is 9.45. The highest BCUT2D eigenvalue weighted by atomic mass is 35.5. The van der Waals surface area contributed by atoms with Crippen LogP contribution >= 0.6 is 34.8 Å².